The SMILES string of the molecule is NCc1cc(S(=O)(=O)NCCCC2CC2)ccc1Cl. The molecule has 1 aliphatic rings. The van der Waals surface area contributed by atoms with E-state index in [1.165, 1.54) is 25.0 Å². The van der Waals surface area contributed by atoms with Crippen molar-refractivity contribution < 1.29 is 8.42 Å². The van der Waals surface area contributed by atoms with Gasteiger partial charge in [-0.15, -0.1) is 0 Å². The van der Waals surface area contributed by atoms with Crippen LogP contribution in [0.15, 0.2) is 23.1 Å². The molecule has 1 fully saturated rings. The summed E-state index contributed by atoms with van der Waals surface area (Å²) in [6.07, 6.45) is 4.59. The smallest absolute Gasteiger partial charge is 0.240 e. The summed E-state index contributed by atoms with van der Waals surface area (Å²) < 4.78 is 26.8. The first kappa shape index (κ1) is 14.8. The standard InChI is InChI=1S/C13H19ClN2O2S/c14-13-6-5-12(8-11(13)9-15)19(17,18)16-7-1-2-10-3-4-10/h5-6,8,10,16H,1-4,7,9,15H2. The number of nitrogens with one attached hydrogen (secondary N) is 1. The molecule has 0 atom stereocenters. The van der Waals surface area contributed by atoms with Crippen molar-refractivity contribution in [1.29, 1.82) is 0 Å². The van der Waals surface area contributed by atoms with Crippen molar-refractivity contribution in [3.63, 3.8) is 0 Å². The zero-order valence-corrected chi connectivity index (χ0v) is 12.3. The molecule has 4 nitrogen and oxygen atoms in total. The summed E-state index contributed by atoms with van der Waals surface area (Å²) in [5.74, 6) is 0.823. The molecule has 0 aliphatic heterocycles. The van der Waals surface area contributed by atoms with Gasteiger partial charge >= 0.3 is 0 Å². The van der Waals surface area contributed by atoms with Crippen LogP contribution in [0.2, 0.25) is 5.02 Å². The molecule has 0 radical (unpaired) electrons. The van der Waals surface area contributed by atoms with Crippen LogP contribution in [0.5, 0.6) is 0 Å². The highest BCUT2D eigenvalue weighted by Gasteiger charge is 2.21. The van der Waals surface area contributed by atoms with Crippen LogP contribution in [-0.2, 0) is 16.6 Å². The average Bonchev–Trinajstić information content (AvgIpc) is 3.19. The van der Waals surface area contributed by atoms with E-state index in [9.17, 15) is 8.42 Å². The number of nitrogens with two attached hydrogens (primary N) is 1. The maximum absolute atomic E-state index is 12.1. The van der Waals surface area contributed by atoms with E-state index in [-0.39, 0.29) is 11.4 Å². The number of hydrogen-bond acceptors (Lipinski definition) is 3. The lowest BCUT2D eigenvalue weighted by Gasteiger charge is -2.08. The molecule has 6 heteroatoms. The Kier molecular flexibility index (Phi) is 4.84. The summed E-state index contributed by atoms with van der Waals surface area (Å²) in [7, 11) is -3.45. The van der Waals surface area contributed by atoms with Crippen molar-refractivity contribution in [3.05, 3.63) is 28.8 Å². The predicted molar refractivity (Wildman–Crippen MR) is 76.5 cm³/mol. The molecule has 106 valence electrons. The van der Waals surface area contributed by atoms with Crippen LogP contribution in [0.1, 0.15) is 31.2 Å². The maximum atomic E-state index is 12.1. The molecule has 1 aromatic rings. The minimum absolute atomic E-state index is 0.226. The molecule has 1 aromatic carbocycles. The third kappa shape index (κ3) is 4.18. The Bertz CT molecular complexity index is 542. The van der Waals surface area contributed by atoms with Crippen LogP contribution in [0.4, 0.5) is 0 Å². The number of benzene rings is 1. The number of hydrogen-bond donors (Lipinski definition) is 2. The Morgan fingerprint density at radius 1 is 1.37 bits per heavy atom. The number of sulfonamides is 1. The van der Waals surface area contributed by atoms with Crippen molar-refractivity contribution in [2.75, 3.05) is 6.54 Å². The summed E-state index contributed by atoms with van der Waals surface area (Å²) >= 11 is 5.92. The summed E-state index contributed by atoms with van der Waals surface area (Å²) in [6.45, 7) is 0.712. The highest BCUT2D eigenvalue weighted by molar-refractivity contribution is 7.89. The quantitative estimate of drug-likeness (QED) is 0.759. The fourth-order valence-corrected chi connectivity index (χ4v) is 3.28. The van der Waals surface area contributed by atoms with Gasteiger partial charge in [0.05, 0.1) is 4.90 Å². The van der Waals surface area contributed by atoms with Gasteiger partial charge in [-0.3, -0.25) is 0 Å². The van der Waals surface area contributed by atoms with Gasteiger partial charge in [0.1, 0.15) is 0 Å². The Balaban J connectivity index is 1.97. The van der Waals surface area contributed by atoms with Crippen LogP contribution < -0.4 is 10.5 Å². The molecule has 0 heterocycles. The first-order valence-electron chi connectivity index (χ1n) is 6.51. The first-order chi connectivity index (χ1) is 9.03. The van der Waals surface area contributed by atoms with Gasteiger partial charge in [-0.05, 0) is 42.5 Å². The molecule has 19 heavy (non-hydrogen) atoms. The van der Waals surface area contributed by atoms with E-state index in [1.54, 1.807) is 6.07 Å². The Morgan fingerprint density at radius 3 is 2.74 bits per heavy atom. The largest absolute Gasteiger partial charge is 0.326 e. The molecular weight excluding hydrogens is 284 g/mol. The van der Waals surface area contributed by atoms with Crippen LogP contribution in [0.3, 0.4) is 0 Å². The van der Waals surface area contributed by atoms with Crippen molar-refractivity contribution >= 4 is 21.6 Å². The second-order valence-electron chi connectivity index (χ2n) is 4.94. The van der Waals surface area contributed by atoms with Gasteiger partial charge in [0, 0.05) is 18.1 Å². The minimum atomic E-state index is -3.45. The van der Waals surface area contributed by atoms with Crippen molar-refractivity contribution in [2.24, 2.45) is 11.7 Å². The van der Waals surface area contributed by atoms with E-state index >= 15 is 0 Å². The highest BCUT2D eigenvalue weighted by Crippen LogP contribution is 2.33. The molecule has 0 unspecified atom stereocenters. The lowest BCUT2D eigenvalue weighted by Crippen LogP contribution is -2.25. The number of halogens is 1. The van der Waals surface area contributed by atoms with E-state index in [2.05, 4.69) is 4.72 Å². The van der Waals surface area contributed by atoms with Gasteiger partial charge in [0.25, 0.3) is 0 Å². The Hall–Kier alpha value is -0.620. The molecule has 2 rings (SSSR count). The Morgan fingerprint density at radius 2 is 2.11 bits per heavy atom. The maximum Gasteiger partial charge on any atom is 0.240 e. The van der Waals surface area contributed by atoms with E-state index in [4.69, 9.17) is 17.3 Å². The third-order valence-electron chi connectivity index (χ3n) is 3.33. The topological polar surface area (TPSA) is 72.2 Å². The fourth-order valence-electron chi connectivity index (χ4n) is 1.96. The van der Waals surface area contributed by atoms with E-state index < -0.39 is 10.0 Å². The van der Waals surface area contributed by atoms with E-state index in [0.29, 0.717) is 17.1 Å². The third-order valence-corrected chi connectivity index (χ3v) is 5.15. The zero-order valence-electron chi connectivity index (χ0n) is 10.7. The summed E-state index contributed by atoms with van der Waals surface area (Å²) in [6, 6.07) is 4.61. The van der Waals surface area contributed by atoms with Gasteiger partial charge in [0.15, 0.2) is 0 Å². The van der Waals surface area contributed by atoms with Crippen molar-refractivity contribution in [1.82, 2.24) is 4.72 Å². The Labute approximate surface area is 119 Å². The molecule has 1 aliphatic carbocycles. The van der Waals surface area contributed by atoms with Crippen molar-refractivity contribution in [2.45, 2.75) is 37.1 Å². The summed E-state index contributed by atoms with van der Waals surface area (Å²) in [5.41, 5.74) is 6.17. The van der Waals surface area contributed by atoms with E-state index in [0.717, 1.165) is 18.8 Å². The average molecular weight is 303 g/mol. The monoisotopic (exact) mass is 302 g/mol. The van der Waals surface area contributed by atoms with E-state index in [1.807, 2.05) is 0 Å². The number of rotatable bonds is 7. The minimum Gasteiger partial charge on any atom is -0.326 e. The summed E-state index contributed by atoms with van der Waals surface area (Å²) in [4.78, 5) is 0.226. The second-order valence-corrected chi connectivity index (χ2v) is 7.11. The molecule has 0 amide bonds. The van der Waals surface area contributed by atoms with Crippen LogP contribution in [-0.4, -0.2) is 15.0 Å². The lowest BCUT2D eigenvalue weighted by atomic mass is 10.2. The van der Waals surface area contributed by atoms with Gasteiger partial charge in [-0.2, -0.15) is 0 Å². The van der Waals surface area contributed by atoms with Crippen molar-refractivity contribution in [3.8, 4) is 0 Å². The first-order valence-corrected chi connectivity index (χ1v) is 8.37. The highest BCUT2D eigenvalue weighted by atomic mass is 35.5. The molecule has 3 N–H and O–H groups in total. The second kappa shape index (κ2) is 6.22. The van der Waals surface area contributed by atoms with Gasteiger partial charge < -0.3 is 5.73 Å². The van der Waals surface area contributed by atoms with Crippen LogP contribution >= 0.6 is 11.6 Å². The summed E-state index contributed by atoms with van der Waals surface area (Å²) in [5, 5.41) is 0.496. The fraction of sp³-hybridized carbons (Fsp3) is 0.538. The molecule has 0 saturated heterocycles. The zero-order chi connectivity index (χ0) is 13.9. The molecule has 0 bridgehead atoms. The molecule has 1 saturated carbocycles. The normalized spacial score (nSPS) is 15.7. The van der Waals surface area contributed by atoms with Gasteiger partial charge in [0.2, 0.25) is 10.0 Å². The van der Waals surface area contributed by atoms with Crippen LogP contribution in [0, 0.1) is 5.92 Å². The molecular formula is C13H19ClN2O2S. The lowest BCUT2D eigenvalue weighted by molar-refractivity contribution is 0.572. The molecule has 0 spiro atoms. The molecule has 0 aromatic heterocycles. The predicted octanol–water partition coefficient (Wildman–Crippen LogP) is 2.27. The van der Waals surface area contributed by atoms with Crippen LogP contribution in [0.25, 0.3) is 0 Å². The van der Waals surface area contributed by atoms with Gasteiger partial charge in [-0.25, -0.2) is 13.1 Å². The van der Waals surface area contributed by atoms with Gasteiger partial charge in [-0.1, -0.05) is 24.4 Å².